The Morgan fingerprint density at radius 1 is 1.53 bits per heavy atom. The number of rotatable bonds is 7. The molecule has 2 atom stereocenters. The molecule has 0 spiro atoms. The van der Waals surface area contributed by atoms with Crippen molar-refractivity contribution in [3.63, 3.8) is 0 Å². The van der Waals surface area contributed by atoms with Crippen LogP contribution in [0.3, 0.4) is 0 Å². The van der Waals surface area contributed by atoms with Crippen LogP contribution in [-0.2, 0) is 10.0 Å². The van der Waals surface area contributed by atoms with Crippen LogP contribution in [0.15, 0.2) is 0 Å². The van der Waals surface area contributed by atoms with Gasteiger partial charge in [-0.15, -0.1) is 0 Å². The lowest BCUT2D eigenvalue weighted by molar-refractivity contribution is 0.402. The maximum Gasteiger partial charge on any atom is 0.212 e. The highest BCUT2D eigenvalue weighted by Gasteiger charge is 2.22. The number of piperidine rings is 1. The van der Waals surface area contributed by atoms with E-state index in [9.17, 15) is 8.42 Å². The lowest BCUT2D eigenvalue weighted by Gasteiger charge is -2.23. The van der Waals surface area contributed by atoms with Crippen LogP contribution in [0.1, 0.15) is 26.2 Å². The third kappa shape index (κ3) is 6.64. The summed E-state index contributed by atoms with van der Waals surface area (Å²) in [7, 11) is -3.11. The first kappa shape index (κ1) is 15.3. The van der Waals surface area contributed by atoms with Crippen LogP contribution in [0, 0.1) is 5.92 Å². The standard InChI is InChI=1S/C11H24N2O2S2/c1-10(5-7-16-2)13-17(14,15)9-11-4-3-6-12-8-11/h10-13H,3-9H2,1-2H3. The van der Waals surface area contributed by atoms with Crippen LogP contribution >= 0.6 is 11.8 Å². The maximum absolute atomic E-state index is 11.9. The van der Waals surface area contributed by atoms with Gasteiger partial charge in [0.05, 0.1) is 5.75 Å². The van der Waals surface area contributed by atoms with Crippen LogP contribution in [-0.4, -0.2) is 45.3 Å². The first-order valence-corrected chi connectivity index (χ1v) is 9.28. The van der Waals surface area contributed by atoms with Crippen LogP contribution in [0.2, 0.25) is 0 Å². The normalized spacial score (nSPS) is 23.5. The number of nitrogens with one attached hydrogen (secondary N) is 2. The van der Waals surface area contributed by atoms with Gasteiger partial charge in [-0.2, -0.15) is 11.8 Å². The molecule has 4 nitrogen and oxygen atoms in total. The van der Waals surface area contributed by atoms with Crippen molar-refractivity contribution < 1.29 is 8.42 Å². The molecule has 1 rings (SSSR count). The molecule has 0 saturated carbocycles. The minimum Gasteiger partial charge on any atom is -0.316 e. The van der Waals surface area contributed by atoms with Gasteiger partial charge in [0.15, 0.2) is 0 Å². The second-order valence-electron chi connectivity index (χ2n) is 4.79. The van der Waals surface area contributed by atoms with E-state index in [4.69, 9.17) is 0 Å². The van der Waals surface area contributed by atoms with Crippen LogP contribution in [0.5, 0.6) is 0 Å². The zero-order chi connectivity index (χ0) is 12.7. The van der Waals surface area contributed by atoms with Crippen molar-refractivity contribution in [2.45, 2.75) is 32.2 Å². The van der Waals surface area contributed by atoms with E-state index in [0.717, 1.165) is 38.1 Å². The largest absolute Gasteiger partial charge is 0.316 e. The summed E-state index contributed by atoms with van der Waals surface area (Å²) < 4.78 is 26.6. The van der Waals surface area contributed by atoms with E-state index < -0.39 is 10.0 Å². The molecule has 17 heavy (non-hydrogen) atoms. The topological polar surface area (TPSA) is 58.2 Å². The highest BCUT2D eigenvalue weighted by atomic mass is 32.2. The molecule has 1 fully saturated rings. The first-order valence-electron chi connectivity index (χ1n) is 6.23. The van der Waals surface area contributed by atoms with Crippen molar-refractivity contribution in [1.29, 1.82) is 0 Å². The van der Waals surface area contributed by atoms with E-state index in [1.165, 1.54) is 0 Å². The zero-order valence-electron chi connectivity index (χ0n) is 10.7. The molecule has 2 N–H and O–H groups in total. The van der Waals surface area contributed by atoms with Crippen molar-refractivity contribution in [3.05, 3.63) is 0 Å². The molecular weight excluding hydrogens is 256 g/mol. The van der Waals surface area contributed by atoms with Gasteiger partial charge < -0.3 is 5.32 Å². The highest BCUT2D eigenvalue weighted by molar-refractivity contribution is 7.98. The lowest BCUT2D eigenvalue weighted by atomic mass is 10.0. The fourth-order valence-electron chi connectivity index (χ4n) is 2.08. The van der Waals surface area contributed by atoms with Crippen molar-refractivity contribution in [3.8, 4) is 0 Å². The number of sulfonamides is 1. The van der Waals surface area contributed by atoms with E-state index in [1.807, 2.05) is 13.2 Å². The highest BCUT2D eigenvalue weighted by Crippen LogP contribution is 2.12. The van der Waals surface area contributed by atoms with Gasteiger partial charge in [-0.25, -0.2) is 13.1 Å². The second-order valence-corrected chi connectivity index (χ2v) is 7.58. The van der Waals surface area contributed by atoms with Crippen LogP contribution in [0.25, 0.3) is 0 Å². The molecule has 1 aliphatic rings. The monoisotopic (exact) mass is 280 g/mol. The molecule has 2 unspecified atom stereocenters. The Morgan fingerprint density at radius 2 is 2.29 bits per heavy atom. The average Bonchev–Trinajstić information content (AvgIpc) is 2.26. The van der Waals surface area contributed by atoms with E-state index in [0.29, 0.717) is 0 Å². The molecule has 0 aromatic carbocycles. The number of thioether (sulfide) groups is 1. The molecule has 1 saturated heterocycles. The minimum atomic E-state index is -3.11. The number of hydrogen-bond donors (Lipinski definition) is 2. The van der Waals surface area contributed by atoms with E-state index in [2.05, 4.69) is 10.0 Å². The molecule has 0 bridgehead atoms. The van der Waals surface area contributed by atoms with Gasteiger partial charge in [-0.3, -0.25) is 0 Å². The average molecular weight is 280 g/mol. The van der Waals surface area contributed by atoms with Gasteiger partial charge in [0.2, 0.25) is 10.0 Å². The predicted octanol–water partition coefficient (Wildman–Crippen LogP) is 1.05. The van der Waals surface area contributed by atoms with Gasteiger partial charge >= 0.3 is 0 Å². The Balaban J connectivity index is 2.33. The summed E-state index contributed by atoms with van der Waals surface area (Å²) in [6, 6.07) is 0.0454. The van der Waals surface area contributed by atoms with Crippen molar-refractivity contribution in [1.82, 2.24) is 10.0 Å². The summed E-state index contributed by atoms with van der Waals surface area (Å²) in [5, 5.41) is 3.25. The molecule has 6 heteroatoms. The quantitative estimate of drug-likeness (QED) is 0.732. The van der Waals surface area contributed by atoms with E-state index >= 15 is 0 Å². The summed E-state index contributed by atoms with van der Waals surface area (Å²) >= 11 is 1.75. The summed E-state index contributed by atoms with van der Waals surface area (Å²) in [6.07, 6.45) is 5.04. The Morgan fingerprint density at radius 3 is 2.88 bits per heavy atom. The third-order valence-electron chi connectivity index (χ3n) is 2.99. The van der Waals surface area contributed by atoms with E-state index in [1.54, 1.807) is 11.8 Å². The minimum absolute atomic E-state index is 0.0454. The fourth-order valence-corrected chi connectivity index (χ4v) is 4.41. The smallest absolute Gasteiger partial charge is 0.212 e. The molecular formula is C11H24N2O2S2. The van der Waals surface area contributed by atoms with Gasteiger partial charge in [0.25, 0.3) is 0 Å². The maximum atomic E-state index is 11.9. The van der Waals surface area contributed by atoms with Crippen LogP contribution in [0.4, 0.5) is 0 Å². The molecule has 0 aromatic heterocycles. The molecule has 1 aliphatic heterocycles. The van der Waals surface area contributed by atoms with E-state index in [-0.39, 0.29) is 17.7 Å². The van der Waals surface area contributed by atoms with Gasteiger partial charge in [-0.05, 0) is 57.2 Å². The molecule has 0 aromatic rings. The van der Waals surface area contributed by atoms with Gasteiger partial charge in [-0.1, -0.05) is 0 Å². The first-order chi connectivity index (χ1) is 8.03. The Kier molecular flexibility index (Phi) is 6.84. The van der Waals surface area contributed by atoms with Crippen molar-refractivity contribution in [2.24, 2.45) is 5.92 Å². The van der Waals surface area contributed by atoms with Gasteiger partial charge in [0.1, 0.15) is 0 Å². The summed E-state index contributed by atoms with van der Waals surface area (Å²) in [4.78, 5) is 0. The second kappa shape index (κ2) is 7.61. The molecule has 0 amide bonds. The van der Waals surface area contributed by atoms with Gasteiger partial charge in [0, 0.05) is 6.04 Å². The summed E-state index contributed by atoms with van der Waals surface area (Å²) in [5.74, 6) is 1.53. The summed E-state index contributed by atoms with van der Waals surface area (Å²) in [5.41, 5.74) is 0. The molecule has 0 radical (unpaired) electrons. The summed E-state index contributed by atoms with van der Waals surface area (Å²) in [6.45, 7) is 3.79. The fraction of sp³-hybridized carbons (Fsp3) is 1.00. The molecule has 102 valence electrons. The number of hydrogen-bond acceptors (Lipinski definition) is 4. The molecule has 0 aliphatic carbocycles. The zero-order valence-corrected chi connectivity index (χ0v) is 12.4. The Labute approximate surface area is 109 Å². The predicted molar refractivity (Wildman–Crippen MR) is 75.0 cm³/mol. The SMILES string of the molecule is CSCCC(C)NS(=O)(=O)CC1CCCNC1. The van der Waals surface area contributed by atoms with Crippen molar-refractivity contribution in [2.75, 3.05) is 30.9 Å². The lowest BCUT2D eigenvalue weighted by Crippen LogP contribution is -2.40. The molecule has 1 heterocycles. The Hall–Kier alpha value is 0.220. The van der Waals surface area contributed by atoms with Crippen LogP contribution < -0.4 is 10.0 Å². The van der Waals surface area contributed by atoms with Crippen molar-refractivity contribution >= 4 is 21.8 Å². The Bertz CT molecular complexity index is 301. The third-order valence-corrected chi connectivity index (χ3v) is 5.31.